The Labute approximate surface area is 173 Å². The van der Waals surface area contributed by atoms with Gasteiger partial charge in [0.2, 0.25) is 0 Å². The van der Waals surface area contributed by atoms with Gasteiger partial charge in [-0.15, -0.1) is 12.3 Å². The van der Waals surface area contributed by atoms with Crippen molar-refractivity contribution in [3.05, 3.63) is 60.7 Å². The maximum Gasteiger partial charge on any atom is 0.261 e. The van der Waals surface area contributed by atoms with Gasteiger partial charge < -0.3 is 4.43 Å². The highest BCUT2D eigenvalue weighted by Gasteiger charge is 2.49. The average Bonchev–Trinajstić information content (AvgIpc) is 2.70. The second-order valence-corrected chi connectivity index (χ2v) is 12.9. The lowest BCUT2D eigenvalue weighted by atomic mass is 10.1. The SMILES string of the molecule is C#CCCCCCCCCO[Si](c1ccccc1)(c1ccccc1)C(C)(C)C. The molecule has 0 N–H and O–H groups in total. The summed E-state index contributed by atoms with van der Waals surface area (Å²) in [5.74, 6) is 2.73. The standard InChI is InChI=1S/C26H36OSi/c1-5-6-7-8-9-10-11-18-23-27-28(26(2,3)4,24-19-14-12-15-20-24)25-21-16-13-17-22-25/h1,12-17,19-22H,6-11,18,23H2,2-4H3. The Morgan fingerprint density at radius 1 is 0.750 bits per heavy atom. The molecule has 0 aliphatic carbocycles. The first-order valence-corrected chi connectivity index (χ1v) is 12.6. The van der Waals surface area contributed by atoms with E-state index in [0.717, 1.165) is 25.9 Å². The maximum absolute atomic E-state index is 6.92. The predicted octanol–water partition coefficient (Wildman–Crippen LogP) is 5.93. The lowest BCUT2D eigenvalue weighted by molar-refractivity contribution is 0.286. The molecule has 0 heterocycles. The summed E-state index contributed by atoms with van der Waals surface area (Å²) in [7, 11) is -2.36. The van der Waals surface area contributed by atoms with Gasteiger partial charge in [0, 0.05) is 13.0 Å². The Bertz CT molecular complexity index is 670. The largest absolute Gasteiger partial charge is 0.407 e. The summed E-state index contributed by atoms with van der Waals surface area (Å²) >= 11 is 0. The van der Waals surface area contributed by atoms with Gasteiger partial charge in [0.1, 0.15) is 0 Å². The van der Waals surface area contributed by atoms with E-state index in [2.05, 4.69) is 87.4 Å². The zero-order valence-corrected chi connectivity index (χ0v) is 18.9. The van der Waals surface area contributed by atoms with Crippen LogP contribution >= 0.6 is 0 Å². The average molecular weight is 393 g/mol. The third-order valence-corrected chi connectivity index (χ3v) is 10.5. The summed E-state index contributed by atoms with van der Waals surface area (Å²) in [6.45, 7) is 7.84. The first kappa shape index (κ1) is 22.5. The monoisotopic (exact) mass is 392 g/mol. The molecular weight excluding hydrogens is 356 g/mol. The number of rotatable bonds is 11. The summed E-state index contributed by atoms with van der Waals surface area (Å²) in [6, 6.07) is 21.8. The fourth-order valence-electron chi connectivity index (χ4n) is 4.02. The van der Waals surface area contributed by atoms with Crippen LogP contribution in [0.4, 0.5) is 0 Å². The smallest absolute Gasteiger partial charge is 0.261 e. The molecule has 150 valence electrons. The van der Waals surface area contributed by atoms with Gasteiger partial charge in [-0.2, -0.15) is 0 Å². The fourth-order valence-corrected chi connectivity index (χ4v) is 8.63. The van der Waals surface area contributed by atoms with Crippen LogP contribution in [-0.4, -0.2) is 14.9 Å². The Hall–Kier alpha value is -1.82. The lowest BCUT2D eigenvalue weighted by Gasteiger charge is -2.43. The van der Waals surface area contributed by atoms with E-state index in [4.69, 9.17) is 10.8 Å². The van der Waals surface area contributed by atoms with Gasteiger partial charge in [0.25, 0.3) is 8.32 Å². The van der Waals surface area contributed by atoms with E-state index in [9.17, 15) is 0 Å². The van der Waals surface area contributed by atoms with Crippen molar-refractivity contribution in [1.29, 1.82) is 0 Å². The molecule has 2 rings (SSSR count). The fraction of sp³-hybridized carbons (Fsp3) is 0.462. The number of benzene rings is 2. The molecule has 1 nitrogen and oxygen atoms in total. The highest BCUT2D eigenvalue weighted by atomic mass is 28.4. The minimum absolute atomic E-state index is 0.0604. The molecule has 0 aromatic heterocycles. The Morgan fingerprint density at radius 3 is 1.68 bits per heavy atom. The van der Waals surface area contributed by atoms with Gasteiger partial charge in [0.05, 0.1) is 0 Å². The van der Waals surface area contributed by atoms with Gasteiger partial charge >= 0.3 is 0 Å². The highest BCUT2D eigenvalue weighted by molar-refractivity contribution is 6.99. The molecule has 0 atom stereocenters. The second-order valence-electron chi connectivity index (χ2n) is 8.59. The third-order valence-electron chi connectivity index (χ3n) is 5.45. The zero-order valence-electron chi connectivity index (χ0n) is 17.9. The predicted molar refractivity (Wildman–Crippen MR) is 125 cm³/mol. The van der Waals surface area contributed by atoms with Crippen LogP contribution in [0.2, 0.25) is 5.04 Å². The van der Waals surface area contributed by atoms with Crippen molar-refractivity contribution in [2.75, 3.05) is 6.61 Å². The van der Waals surface area contributed by atoms with Crippen molar-refractivity contribution >= 4 is 18.7 Å². The van der Waals surface area contributed by atoms with E-state index in [1.807, 2.05) is 0 Å². The molecule has 0 amide bonds. The van der Waals surface area contributed by atoms with Crippen LogP contribution in [0.15, 0.2) is 60.7 Å². The van der Waals surface area contributed by atoms with Crippen LogP contribution < -0.4 is 10.4 Å². The molecule has 0 saturated carbocycles. The van der Waals surface area contributed by atoms with E-state index in [1.165, 1.54) is 36.1 Å². The molecule has 2 aromatic rings. The summed E-state index contributed by atoms with van der Waals surface area (Å²) < 4.78 is 6.92. The molecule has 0 aliphatic heterocycles. The zero-order chi connectivity index (χ0) is 20.3. The summed E-state index contributed by atoms with van der Waals surface area (Å²) in [4.78, 5) is 0. The van der Waals surface area contributed by atoms with E-state index >= 15 is 0 Å². The van der Waals surface area contributed by atoms with Crippen molar-refractivity contribution in [2.45, 2.75) is 70.8 Å². The topological polar surface area (TPSA) is 9.23 Å². The van der Waals surface area contributed by atoms with E-state index in [0.29, 0.717) is 0 Å². The van der Waals surface area contributed by atoms with Gasteiger partial charge in [-0.05, 0) is 28.3 Å². The maximum atomic E-state index is 6.92. The molecule has 0 aliphatic rings. The number of unbranched alkanes of at least 4 members (excludes halogenated alkanes) is 6. The molecule has 0 saturated heterocycles. The minimum Gasteiger partial charge on any atom is -0.407 e. The van der Waals surface area contributed by atoms with Crippen molar-refractivity contribution in [1.82, 2.24) is 0 Å². The van der Waals surface area contributed by atoms with E-state index in [1.54, 1.807) is 0 Å². The summed E-state index contributed by atoms with van der Waals surface area (Å²) in [6.07, 6.45) is 13.5. The molecular formula is C26H36OSi. The minimum atomic E-state index is -2.36. The van der Waals surface area contributed by atoms with E-state index < -0.39 is 8.32 Å². The molecule has 2 heteroatoms. The van der Waals surface area contributed by atoms with Crippen LogP contribution in [0.1, 0.15) is 65.7 Å². The van der Waals surface area contributed by atoms with Gasteiger partial charge in [-0.25, -0.2) is 0 Å². The van der Waals surface area contributed by atoms with Gasteiger partial charge in [-0.3, -0.25) is 0 Å². The molecule has 0 radical (unpaired) electrons. The van der Waals surface area contributed by atoms with Crippen molar-refractivity contribution < 1.29 is 4.43 Å². The van der Waals surface area contributed by atoms with Crippen molar-refractivity contribution in [3.8, 4) is 12.3 Å². The van der Waals surface area contributed by atoms with Gasteiger partial charge in [0.15, 0.2) is 0 Å². The van der Waals surface area contributed by atoms with Crippen LogP contribution in [0.5, 0.6) is 0 Å². The Kier molecular flexibility index (Phi) is 9.02. The number of hydrogen-bond acceptors (Lipinski definition) is 1. The second kappa shape index (κ2) is 11.2. The first-order chi connectivity index (χ1) is 13.5. The number of hydrogen-bond donors (Lipinski definition) is 0. The molecule has 0 fully saturated rings. The lowest BCUT2D eigenvalue weighted by Crippen LogP contribution is -2.66. The van der Waals surface area contributed by atoms with Crippen molar-refractivity contribution in [3.63, 3.8) is 0 Å². The first-order valence-electron chi connectivity index (χ1n) is 10.7. The number of terminal acetylenes is 1. The molecule has 0 unspecified atom stereocenters. The van der Waals surface area contributed by atoms with Crippen LogP contribution in [0.25, 0.3) is 0 Å². The highest BCUT2D eigenvalue weighted by Crippen LogP contribution is 2.36. The summed E-state index contributed by atoms with van der Waals surface area (Å²) in [5.41, 5.74) is 0. The molecule has 0 spiro atoms. The summed E-state index contributed by atoms with van der Waals surface area (Å²) in [5, 5.41) is 2.79. The van der Waals surface area contributed by atoms with Crippen LogP contribution in [0.3, 0.4) is 0 Å². The normalized spacial score (nSPS) is 11.9. The quantitative estimate of drug-likeness (QED) is 0.262. The van der Waals surface area contributed by atoms with E-state index in [-0.39, 0.29) is 5.04 Å². The van der Waals surface area contributed by atoms with Gasteiger partial charge in [-0.1, -0.05) is 107 Å². The van der Waals surface area contributed by atoms with Crippen LogP contribution in [0, 0.1) is 12.3 Å². The van der Waals surface area contributed by atoms with Crippen LogP contribution in [-0.2, 0) is 4.43 Å². The Morgan fingerprint density at radius 2 is 1.21 bits per heavy atom. The van der Waals surface area contributed by atoms with Crippen molar-refractivity contribution in [2.24, 2.45) is 0 Å². The molecule has 2 aromatic carbocycles. The Balaban J connectivity index is 2.09. The molecule has 28 heavy (non-hydrogen) atoms. The third kappa shape index (κ3) is 5.84. The molecule has 0 bridgehead atoms.